The molecule has 102 valence electrons. The third kappa shape index (κ3) is 5.36. The van der Waals surface area contributed by atoms with Gasteiger partial charge >= 0.3 is 0 Å². The van der Waals surface area contributed by atoms with Crippen molar-refractivity contribution in [3.8, 4) is 0 Å². The second-order valence-electron chi connectivity index (χ2n) is 5.55. The van der Waals surface area contributed by atoms with E-state index in [-0.39, 0.29) is 0 Å². The Morgan fingerprint density at radius 2 is 1.76 bits per heavy atom. The molecule has 1 fully saturated rings. The predicted molar refractivity (Wildman–Crippen MR) is 73.3 cm³/mol. The first-order chi connectivity index (χ1) is 8.09. The van der Waals surface area contributed by atoms with Crippen molar-refractivity contribution >= 4 is 0 Å². The molecule has 1 rings (SSSR count). The Kier molecular flexibility index (Phi) is 6.45. The summed E-state index contributed by atoms with van der Waals surface area (Å²) in [5.74, 6) is 0. The van der Waals surface area contributed by atoms with Crippen LogP contribution in [0.4, 0.5) is 0 Å². The molecule has 0 aliphatic heterocycles. The number of aliphatic hydroxyl groups is 1. The van der Waals surface area contributed by atoms with Gasteiger partial charge in [-0.15, -0.1) is 0 Å². The average molecular weight is 242 g/mol. The summed E-state index contributed by atoms with van der Waals surface area (Å²) in [7, 11) is 0. The predicted octanol–water partition coefficient (Wildman–Crippen LogP) is 2.00. The molecular formula is C14H30N2O. The minimum atomic E-state index is -0.435. The number of rotatable bonds is 7. The summed E-state index contributed by atoms with van der Waals surface area (Å²) >= 11 is 0. The van der Waals surface area contributed by atoms with Gasteiger partial charge in [-0.3, -0.25) is 0 Å². The zero-order chi connectivity index (χ0) is 12.7. The summed E-state index contributed by atoms with van der Waals surface area (Å²) in [5, 5.41) is 13.9. The minimum absolute atomic E-state index is 0.435. The summed E-state index contributed by atoms with van der Waals surface area (Å²) < 4.78 is 0. The molecular weight excluding hydrogens is 212 g/mol. The van der Waals surface area contributed by atoms with Crippen LogP contribution >= 0.6 is 0 Å². The molecule has 1 atom stereocenters. The van der Waals surface area contributed by atoms with Crippen LogP contribution in [0, 0.1) is 0 Å². The van der Waals surface area contributed by atoms with E-state index in [1.807, 2.05) is 0 Å². The van der Waals surface area contributed by atoms with Gasteiger partial charge in [-0.2, -0.15) is 0 Å². The molecule has 0 amide bonds. The molecule has 3 nitrogen and oxygen atoms in total. The lowest BCUT2D eigenvalue weighted by molar-refractivity contribution is 0.00227. The van der Waals surface area contributed by atoms with Crippen LogP contribution in [-0.2, 0) is 0 Å². The van der Waals surface area contributed by atoms with Gasteiger partial charge in [0, 0.05) is 19.1 Å². The first-order valence-corrected chi connectivity index (χ1v) is 7.27. The van der Waals surface area contributed by atoms with Crippen LogP contribution in [0.25, 0.3) is 0 Å². The highest BCUT2D eigenvalue weighted by Crippen LogP contribution is 2.27. The van der Waals surface area contributed by atoms with Crippen molar-refractivity contribution in [2.24, 2.45) is 0 Å². The molecule has 0 spiro atoms. The van der Waals surface area contributed by atoms with E-state index in [9.17, 15) is 5.11 Å². The smallest absolute Gasteiger partial charge is 0.0771 e. The first-order valence-electron chi connectivity index (χ1n) is 7.27. The van der Waals surface area contributed by atoms with Gasteiger partial charge in [-0.25, -0.2) is 0 Å². The maximum absolute atomic E-state index is 10.4. The second kappa shape index (κ2) is 7.34. The Labute approximate surface area is 107 Å². The molecule has 0 aromatic heterocycles. The van der Waals surface area contributed by atoms with E-state index < -0.39 is 5.60 Å². The third-order valence-electron chi connectivity index (χ3n) is 3.99. The highest BCUT2D eigenvalue weighted by atomic mass is 16.3. The van der Waals surface area contributed by atoms with E-state index in [0.717, 1.165) is 39.0 Å². The van der Waals surface area contributed by atoms with Crippen molar-refractivity contribution in [3.63, 3.8) is 0 Å². The van der Waals surface area contributed by atoms with Gasteiger partial charge in [-0.05, 0) is 32.9 Å². The van der Waals surface area contributed by atoms with E-state index in [0.29, 0.717) is 6.04 Å². The Bertz CT molecular complexity index is 198. The fraction of sp³-hybridized carbons (Fsp3) is 1.00. The first kappa shape index (κ1) is 14.9. The van der Waals surface area contributed by atoms with E-state index >= 15 is 0 Å². The van der Waals surface area contributed by atoms with Crippen LogP contribution in [-0.4, -0.2) is 47.8 Å². The van der Waals surface area contributed by atoms with Gasteiger partial charge in [0.05, 0.1) is 5.60 Å². The standard InChI is InChI=1S/C14H30N2O/c1-4-16(5-2)11-13(3)15-12-14(17)9-7-6-8-10-14/h13,15,17H,4-12H2,1-3H3. The second-order valence-corrected chi connectivity index (χ2v) is 5.55. The number of nitrogens with one attached hydrogen (secondary N) is 1. The van der Waals surface area contributed by atoms with Crippen molar-refractivity contribution < 1.29 is 5.11 Å². The Morgan fingerprint density at radius 1 is 1.18 bits per heavy atom. The largest absolute Gasteiger partial charge is 0.389 e. The molecule has 1 aliphatic rings. The van der Waals surface area contributed by atoms with Crippen molar-refractivity contribution in [1.82, 2.24) is 10.2 Å². The summed E-state index contributed by atoms with van der Waals surface area (Å²) in [5.41, 5.74) is -0.435. The van der Waals surface area contributed by atoms with Gasteiger partial charge in [0.2, 0.25) is 0 Å². The number of likely N-dealkylation sites (N-methyl/N-ethyl adjacent to an activating group) is 1. The molecule has 0 heterocycles. The van der Waals surface area contributed by atoms with Crippen LogP contribution in [0.5, 0.6) is 0 Å². The zero-order valence-corrected chi connectivity index (χ0v) is 11.8. The molecule has 1 saturated carbocycles. The van der Waals surface area contributed by atoms with Crippen molar-refractivity contribution in [2.45, 2.75) is 64.5 Å². The van der Waals surface area contributed by atoms with Crippen LogP contribution in [0.3, 0.4) is 0 Å². The Balaban J connectivity index is 2.24. The molecule has 0 aromatic carbocycles. The fourth-order valence-electron chi connectivity index (χ4n) is 2.68. The lowest BCUT2D eigenvalue weighted by Crippen LogP contribution is -2.48. The molecule has 2 N–H and O–H groups in total. The molecule has 1 unspecified atom stereocenters. The average Bonchev–Trinajstić information content (AvgIpc) is 2.34. The minimum Gasteiger partial charge on any atom is -0.389 e. The van der Waals surface area contributed by atoms with E-state index in [1.54, 1.807) is 0 Å². The van der Waals surface area contributed by atoms with E-state index in [2.05, 4.69) is 31.0 Å². The number of nitrogens with zero attached hydrogens (tertiary/aromatic N) is 1. The maximum atomic E-state index is 10.4. The molecule has 0 aromatic rings. The van der Waals surface area contributed by atoms with Crippen molar-refractivity contribution in [2.75, 3.05) is 26.2 Å². The van der Waals surface area contributed by atoms with Gasteiger partial charge < -0.3 is 15.3 Å². The molecule has 17 heavy (non-hydrogen) atoms. The molecule has 3 heteroatoms. The molecule has 1 aliphatic carbocycles. The summed E-state index contributed by atoms with van der Waals surface area (Å²) in [4.78, 5) is 2.42. The Hall–Kier alpha value is -0.120. The third-order valence-corrected chi connectivity index (χ3v) is 3.99. The van der Waals surface area contributed by atoms with Crippen molar-refractivity contribution in [1.29, 1.82) is 0 Å². The molecule has 0 radical (unpaired) electrons. The SMILES string of the molecule is CCN(CC)CC(C)NCC1(O)CCCCC1. The van der Waals surface area contributed by atoms with Gasteiger partial charge in [0.15, 0.2) is 0 Å². The van der Waals surface area contributed by atoms with Crippen LogP contribution in [0.2, 0.25) is 0 Å². The van der Waals surface area contributed by atoms with Gasteiger partial charge in [0.25, 0.3) is 0 Å². The van der Waals surface area contributed by atoms with Crippen molar-refractivity contribution in [3.05, 3.63) is 0 Å². The van der Waals surface area contributed by atoms with Crippen LogP contribution < -0.4 is 5.32 Å². The summed E-state index contributed by atoms with van der Waals surface area (Å²) in [6, 6.07) is 0.459. The Morgan fingerprint density at radius 3 is 2.29 bits per heavy atom. The topological polar surface area (TPSA) is 35.5 Å². The van der Waals surface area contributed by atoms with Gasteiger partial charge in [-0.1, -0.05) is 33.1 Å². The lowest BCUT2D eigenvalue weighted by atomic mass is 9.85. The van der Waals surface area contributed by atoms with Crippen LogP contribution in [0.1, 0.15) is 52.9 Å². The van der Waals surface area contributed by atoms with Crippen LogP contribution in [0.15, 0.2) is 0 Å². The summed E-state index contributed by atoms with van der Waals surface area (Å²) in [6.07, 6.45) is 5.60. The van der Waals surface area contributed by atoms with E-state index in [1.165, 1.54) is 19.3 Å². The number of hydrogen-bond acceptors (Lipinski definition) is 3. The number of hydrogen-bond donors (Lipinski definition) is 2. The zero-order valence-electron chi connectivity index (χ0n) is 11.8. The highest BCUT2D eigenvalue weighted by molar-refractivity contribution is 4.85. The lowest BCUT2D eigenvalue weighted by Gasteiger charge is -2.34. The highest BCUT2D eigenvalue weighted by Gasteiger charge is 2.29. The van der Waals surface area contributed by atoms with E-state index in [4.69, 9.17) is 0 Å². The summed E-state index contributed by atoms with van der Waals surface area (Å²) in [6.45, 7) is 10.7. The fourth-order valence-corrected chi connectivity index (χ4v) is 2.68. The maximum Gasteiger partial charge on any atom is 0.0771 e. The molecule has 0 bridgehead atoms. The monoisotopic (exact) mass is 242 g/mol. The quantitative estimate of drug-likeness (QED) is 0.717. The normalized spacial score (nSPS) is 21.7. The van der Waals surface area contributed by atoms with Gasteiger partial charge in [0.1, 0.15) is 0 Å². The molecule has 0 saturated heterocycles.